The van der Waals surface area contributed by atoms with E-state index < -0.39 is 0 Å². The molecule has 0 aromatic heterocycles. The van der Waals surface area contributed by atoms with Gasteiger partial charge in [-0.25, -0.2) is 0 Å². The Kier molecular flexibility index (Phi) is 3.40. The first kappa shape index (κ1) is 12.2. The van der Waals surface area contributed by atoms with E-state index in [1.807, 2.05) is 0 Å². The number of aryl methyl sites for hydroxylation is 1. The highest BCUT2D eigenvalue weighted by atomic mass is 15.0. The first-order chi connectivity index (χ1) is 8.72. The van der Waals surface area contributed by atoms with Gasteiger partial charge in [0.2, 0.25) is 0 Å². The highest BCUT2D eigenvalue weighted by Crippen LogP contribution is 2.41. The fourth-order valence-corrected chi connectivity index (χ4v) is 3.24. The maximum absolute atomic E-state index is 5.95. The minimum absolute atomic E-state index is 0.454. The van der Waals surface area contributed by atoms with Gasteiger partial charge in [0.25, 0.3) is 0 Å². The number of hydrogen-bond acceptors (Lipinski definition) is 2. The van der Waals surface area contributed by atoms with Crippen LogP contribution >= 0.6 is 0 Å². The Balaban J connectivity index is 1.52. The average Bonchev–Trinajstić information content (AvgIpc) is 3.12. The van der Waals surface area contributed by atoms with Crippen LogP contribution < -0.4 is 11.1 Å². The van der Waals surface area contributed by atoms with Gasteiger partial charge in [-0.1, -0.05) is 29.8 Å². The minimum Gasteiger partial charge on any atom is -0.328 e. The summed E-state index contributed by atoms with van der Waals surface area (Å²) in [4.78, 5) is 0. The molecule has 2 nitrogen and oxygen atoms in total. The molecule has 0 radical (unpaired) electrons. The number of rotatable bonds is 3. The molecule has 2 fully saturated rings. The van der Waals surface area contributed by atoms with Gasteiger partial charge in [0.1, 0.15) is 0 Å². The highest BCUT2D eigenvalue weighted by molar-refractivity contribution is 5.31. The Labute approximate surface area is 110 Å². The minimum atomic E-state index is 0.454. The zero-order valence-electron chi connectivity index (χ0n) is 11.2. The second kappa shape index (κ2) is 5.02. The normalized spacial score (nSPS) is 35.4. The lowest BCUT2D eigenvalue weighted by Gasteiger charge is -2.27. The summed E-state index contributed by atoms with van der Waals surface area (Å²) in [6.45, 7) is 2.18. The molecule has 2 aliphatic carbocycles. The Morgan fingerprint density at radius 3 is 2.67 bits per heavy atom. The Hall–Kier alpha value is -0.860. The smallest absolute Gasteiger partial charge is 0.0145 e. The summed E-state index contributed by atoms with van der Waals surface area (Å²) in [5, 5.41) is 3.83. The molecule has 0 aliphatic heterocycles. The van der Waals surface area contributed by atoms with Gasteiger partial charge in [0.15, 0.2) is 0 Å². The zero-order chi connectivity index (χ0) is 12.5. The van der Waals surface area contributed by atoms with Gasteiger partial charge in [-0.3, -0.25) is 0 Å². The van der Waals surface area contributed by atoms with Crippen LogP contribution in [0.25, 0.3) is 0 Å². The number of hydrogen-bond donors (Lipinski definition) is 2. The predicted octanol–water partition coefficient (Wildman–Crippen LogP) is 2.71. The largest absolute Gasteiger partial charge is 0.328 e. The van der Waals surface area contributed by atoms with E-state index in [2.05, 4.69) is 36.5 Å². The SMILES string of the molecule is Cc1cccc(C2CC2NC2CCC(N)CC2)c1. The van der Waals surface area contributed by atoms with E-state index in [-0.39, 0.29) is 0 Å². The molecule has 3 rings (SSSR count). The molecule has 2 heteroatoms. The van der Waals surface area contributed by atoms with Gasteiger partial charge in [-0.2, -0.15) is 0 Å². The molecule has 2 saturated carbocycles. The van der Waals surface area contributed by atoms with Gasteiger partial charge in [-0.05, 0) is 44.6 Å². The van der Waals surface area contributed by atoms with E-state index >= 15 is 0 Å². The number of benzene rings is 1. The molecule has 2 aliphatic rings. The van der Waals surface area contributed by atoms with Gasteiger partial charge in [0.05, 0.1) is 0 Å². The summed E-state index contributed by atoms with van der Waals surface area (Å²) in [7, 11) is 0. The molecule has 0 saturated heterocycles. The lowest BCUT2D eigenvalue weighted by atomic mass is 9.92. The van der Waals surface area contributed by atoms with E-state index in [9.17, 15) is 0 Å². The number of nitrogens with two attached hydrogens (primary N) is 1. The van der Waals surface area contributed by atoms with Crippen molar-refractivity contribution in [1.82, 2.24) is 5.32 Å². The third-order valence-electron chi connectivity index (χ3n) is 4.48. The molecule has 0 amide bonds. The van der Waals surface area contributed by atoms with Gasteiger partial charge >= 0.3 is 0 Å². The van der Waals surface area contributed by atoms with Gasteiger partial charge in [-0.15, -0.1) is 0 Å². The Morgan fingerprint density at radius 1 is 1.17 bits per heavy atom. The summed E-state index contributed by atoms with van der Waals surface area (Å²) in [6, 6.07) is 10.8. The molecular weight excluding hydrogens is 220 g/mol. The Morgan fingerprint density at radius 2 is 1.94 bits per heavy atom. The first-order valence-electron chi connectivity index (χ1n) is 7.30. The summed E-state index contributed by atoms with van der Waals surface area (Å²) in [5.41, 5.74) is 8.84. The highest BCUT2D eigenvalue weighted by Gasteiger charge is 2.39. The average molecular weight is 244 g/mol. The van der Waals surface area contributed by atoms with Crippen molar-refractivity contribution in [3.8, 4) is 0 Å². The predicted molar refractivity (Wildman–Crippen MR) is 75.7 cm³/mol. The lowest BCUT2D eigenvalue weighted by Crippen LogP contribution is -2.38. The Bertz CT molecular complexity index is 407. The molecule has 98 valence electrons. The van der Waals surface area contributed by atoms with E-state index in [1.165, 1.54) is 43.2 Å². The van der Waals surface area contributed by atoms with Crippen molar-refractivity contribution < 1.29 is 0 Å². The van der Waals surface area contributed by atoms with Crippen LogP contribution in [0.1, 0.15) is 49.1 Å². The van der Waals surface area contributed by atoms with E-state index in [1.54, 1.807) is 0 Å². The van der Waals surface area contributed by atoms with Crippen LogP contribution in [-0.2, 0) is 0 Å². The third kappa shape index (κ3) is 2.76. The second-order valence-corrected chi connectivity index (χ2v) is 6.14. The van der Waals surface area contributed by atoms with Crippen LogP contribution in [0.5, 0.6) is 0 Å². The van der Waals surface area contributed by atoms with E-state index in [0.29, 0.717) is 18.1 Å². The summed E-state index contributed by atoms with van der Waals surface area (Å²) < 4.78 is 0. The maximum Gasteiger partial charge on any atom is 0.0145 e. The summed E-state index contributed by atoms with van der Waals surface area (Å²) in [5.74, 6) is 0.750. The van der Waals surface area contributed by atoms with Crippen LogP contribution in [0.15, 0.2) is 24.3 Å². The molecule has 3 N–H and O–H groups in total. The summed E-state index contributed by atoms with van der Waals surface area (Å²) >= 11 is 0. The van der Waals surface area contributed by atoms with Crippen molar-refractivity contribution >= 4 is 0 Å². The molecule has 2 atom stereocenters. The topological polar surface area (TPSA) is 38.0 Å². The monoisotopic (exact) mass is 244 g/mol. The van der Waals surface area contributed by atoms with Crippen molar-refractivity contribution in [3.05, 3.63) is 35.4 Å². The molecule has 0 bridgehead atoms. The first-order valence-corrected chi connectivity index (χ1v) is 7.30. The molecular formula is C16H24N2. The van der Waals surface area contributed by atoms with Gasteiger partial charge < -0.3 is 11.1 Å². The fraction of sp³-hybridized carbons (Fsp3) is 0.625. The van der Waals surface area contributed by atoms with Crippen molar-refractivity contribution in [2.75, 3.05) is 0 Å². The summed E-state index contributed by atoms with van der Waals surface area (Å²) in [6.07, 6.45) is 6.22. The van der Waals surface area contributed by atoms with Crippen LogP contribution in [0.3, 0.4) is 0 Å². The quantitative estimate of drug-likeness (QED) is 0.858. The van der Waals surface area contributed by atoms with Crippen LogP contribution in [0, 0.1) is 6.92 Å². The fourth-order valence-electron chi connectivity index (χ4n) is 3.24. The second-order valence-electron chi connectivity index (χ2n) is 6.14. The van der Waals surface area contributed by atoms with Crippen molar-refractivity contribution in [3.63, 3.8) is 0 Å². The molecule has 0 spiro atoms. The van der Waals surface area contributed by atoms with Crippen LogP contribution in [0.2, 0.25) is 0 Å². The molecule has 1 aromatic carbocycles. The molecule has 0 heterocycles. The van der Waals surface area contributed by atoms with Crippen LogP contribution in [0.4, 0.5) is 0 Å². The zero-order valence-corrected chi connectivity index (χ0v) is 11.2. The number of nitrogens with one attached hydrogen (secondary N) is 1. The van der Waals surface area contributed by atoms with Crippen molar-refractivity contribution in [2.24, 2.45) is 5.73 Å². The van der Waals surface area contributed by atoms with Gasteiger partial charge in [0, 0.05) is 24.0 Å². The van der Waals surface area contributed by atoms with E-state index in [4.69, 9.17) is 5.73 Å². The molecule has 1 aromatic rings. The van der Waals surface area contributed by atoms with Crippen LogP contribution in [-0.4, -0.2) is 18.1 Å². The lowest BCUT2D eigenvalue weighted by molar-refractivity contribution is 0.339. The van der Waals surface area contributed by atoms with Crippen molar-refractivity contribution in [1.29, 1.82) is 0 Å². The standard InChI is InChI=1S/C16H24N2/c1-11-3-2-4-12(9-11)15-10-16(15)18-14-7-5-13(17)6-8-14/h2-4,9,13-16,18H,5-8,10,17H2,1H3. The van der Waals surface area contributed by atoms with E-state index in [0.717, 1.165) is 5.92 Å². The van der Waals surface area contributed by atoms with Crippen molar-refractivity contribution in [2.45, 2.75) is 63.1 Å². The molecule has 2 unspecified atom stereocenters. The maximum atomic E-state index is 5.95. The third-order valence-corrected chi connectivity index (χ3v) is 4.48. The molecule has 18 heavy (non-hydrogen) atoms.